The number of nitrogens with zero attached hydrogens (tertiary/aromatic N) is 1. The van der Waals surface area contributed by atoms with Crippen LogP contribution in [0.3, 0.4) is 0 Å². The molecule has 1 radical (unpaired) electrons. The first-order valence-corrected chi connectivity index (χ1v) is 15.5. The lowest BCUT2D eigenvalue weighted by molar-refractivity contribution is 0.632. The Kier molecular flexibility index (Phi) is 4.63. The Morgan fingerprint density at radius 2 is 1.27 bits per heavy atom. The molecule has 10 rings (SSSR count). The van der Waals surface area contributed by atoms with Gasteiger partial charge in [0.2, 0.25) is 0 Å². The van der Waals surface area contributed by atoms with Crippen LogP contribution in [0.4, 0.5) is 17.1 Å². The van der Waals surface area contributed by atoms with Crippen LogP contribution in [0.25, 0.3) is 54.5 Å². The van der Waals surface area contributed by atoms with Crippen LogP contribution in [-0.4, -0.2) is 12.3 Å². The van der Waals surface area contributed by atoms with E-state index in [4.69, 9.17) is 0 Å². The van der Waals surface area contributed by atoms with Crippen molar-refractivity contribution >= 4 is 78.6 Å². The van der Waals surface area contributed by atoms with Crippen molar-refractivity contribution in [3.63, 3.8) is 0 Å². The van der Waals surface area contributed by atoms with Gasteiger partial charge in [0.25, 0.3) is 0 Å². The monoisotopic (exact) mass is 559 g/mol. The second kappa shape index (κ2) is 8.42. The normalized spacial score (nSPS) is 14.5. The van der Waals surface area contributed by atoms with Crippen molar-refractivity contribution in [3.05, 3.63) is 139 Å². The van der Waals surface area contributed by atoms with Gasteiger partial charge in [0.15, 0.2) is 7.28 Å². The van der Waals surface area contributed by atoms with Gasteiger partial charge in [-0.15, -0.1) is 0 Å². The van der Waals surface area contributed by atoms with Crippen LogP contribution >= 0.6 is 0 Å². The molecule has 0 saturated carbocycles. The number of hydrogen-bond donors (Lipinski definition) is 1. The predicted molar refractivity (Wildman–Crippen MR) is 188 cm³/mol. The predicted octanol–water partition coefficient (Wildman–Crippen LogP) is 9.37. The minimum absolute atomic E-state index is 0.101. The zero-order valence-electron chi connectivity index (χ0n) is 24.6. The highest BCUT2D eigenvalue weighted by atomic mass is 15.2. The van der Waals surface area contributed by atoms with Gasteiger partial charge in [0.1, 0.15) is 0 Å². The van der Waals surface area contributed by atoms with Gasteiger partial charge in [0.05, 0.1) is 11.2 Å². The van der Waals surface area contributed by atoms with E-state index in [1.807, 2.05) is 0 Å². The first-order valence-electron chi connectivity index (χ1n) is 15.5. The molecule has 1 N–H and O–H groups in total. The van der Waals surface area contributed by atoms with E-state index in [1.54, 1.807) is 0 Å². The lowest BCUT2D eigenvalue weighted by atomic mass is 9.55. The van der Waals surface area contributed by atoms with Crippen molar-refractivity contribution < 1.29 is 0 Å². The van der Waals surface area contributed by atoms with Gasteiger partial charge in [-0.3, -0.25) is 0 Å². The molecule has 2 nitrogen and oxygen atoms in total. The number of aromatic amines is 1. The fourth-order valence-corrected chi connectivity index (χ4v) is 8.07. The Morgan fingerprint density at radius 1 is 0.568 bits per heavy atom. The second-order valence-corrected chi connectivity index (χ2v) is 12.9. The smallest absolute Gasteiger partial charge is 0.197 e. The molecular weight excluding hydrogens is 531 g/mol. The second-order valence-electron chi connectivity index (χ2n) is 12.9. The average Bonchev–Trinajstić information content (AvgIpc) is 3.42. The van der Waals surface area contributed by atoms with Crippen LogP contribution < -0.4 is 15.8 Å². The number of anilines is 3. The van der Waals surface area contributed by atoms with Crippen LogP contribution in [0.5, 0.6) is 0 Å². The standard InChI is InChI=1S/C41H28BN2/c1-41(2)32-17-7-8-20-36(32)44-39-27-14-6-5-13-26(27)22-31(37(39)42-34-19-10-18-33(41)40(34)44)29-16-9-15-28-30-21-24-11-3-4-12-25(24)23-35(30)43-38(28)29/h3-23,43H,1-2H3. The summed E-state index contributed by atoms with van der Waals surface area (Å²) in [5, 5.41) is 7.56. The number of para-hydroxylation sites is 3. The van der Waals surface area contributed by atoms with E-state index in [1.165, 1.54) is 93.6 Å². The van der Waals surface area contributed by atoms with Crippen LogP contribution in [0.15, 0.2) is 127 Å². The number of benzene rings is 7. The summed E-state index contributed by atoms with van der Waals surface area (Å²) in [5.74, 6) is 0. The van der Waals surface area contributed by atoms with E-state index < -0.39 is 0 Å². The molecule has 3 heteroatoms. The summed E-state index contributed by atoms with van der Waals surface area (Å²) in [5.41, 5.74) is 13.8. The molecule has 44 heavy (non-hydrogen) atoms. The van der Waals surface area contributed by atoms with E-state index in [-0.39, 0.29) is 5.41 Å². The van der Waals surface area contributed by atoms with Gasteiger partial charge in [-0.05, 0) is 62.6 Å². The van der Waals surface area contributed by atoms with Crippen LogP contribution in [0, 0.1) is 0 Å². The molecule has 0 atom stereocenters. The van der Waals surface area contributed by atoms with Crippen LogP contribution in [0.1, 0.15) is 25.0 Å². The Bertz CT molecular complexity index is 2520. The van der Waals surface area contributed by atoms with Crippen molar-refractivity contribution in [2.75, 3.05) is 4.90 Å². The molecule has 0 bridgehead atoms. The van der Waals surface area contributed by atoms with Crippen molar-refractivity contribution in [1.82, 2.24) is 4.98 Å². The van der Waals surface area contributed by atoms with Gasteiger partial charge in [-0.25, -0.2) is 0 Å². The summed E-state index contributed by atoms with van der Waals surface area (Å²) in [4.78, 5) is 6.42. The summed E-state index contributed by atoms with van der Waals surface area (Å²) in [7, 11) is 2.44. The molecule has 0 fully saturated rings. The Balaban J connectivity index is 1.32. The average molecular weight is 560 g/mol. The van der Waals surface area contributed by atoms with Crippen LogP contribution in [0.2, 0.25) is 0 Å². The third-order valence-electron chi connectivity index (χ3n) is 10.2. The van der Waals surface area contributed by atoms with E-state index in [0.29, 0.717) is 0 Å². The molecule has 3 heterocycles. The molecule has 0 amide bonds. The number of hydrogen-bond acceptors (Lipinski definition) is 1. The maximum absolute atomic E-state index is 3.86. The van der Waals surface area contributed by atoms with Gasteiger partial charge < -0.3 is 9.88 Å². The molecule has 7 aromatic carbocycles. The quantitative estimate of drug-likeness (QED) is 0.199. The molecule has 2 aliphatic heterocycles. The zero-order chi connectivity index (χ0) is 29.2. The summed E-state index contributed by atoms with van der Waals surface area (Å²) >= 11 is 0. The van der Waals surface area contributed by atoms with Crippen molar-refractivity contribution in [2.24, 2.45) is 0 Å². The Labute approximate surface area is 256 Å². The van der Waals surface area contributed by atoms with Crippen molar-refractivity contribution in [2.45, 2.75) is 19.3 Å². The summed E-state index contributed by atoms with van der Waals surface area (Å²) < 4.78 is 0. The lowest BCUT2D eigenvalue weighted by Gasteiger charge is -2.46. The van der Waals surface area contributed by atoms with Gasteiger partial charge in [-0.1, -0.05) is 122 Å². The maximum Gasteiger partial charge on any atom is 0.197 e. The zero-order valence-corrected chi connectivity index (χ0v) is 24.6. The summed E-state index contributed by atoms with van der Waals surface area (Å²) in [6, 6.07) is 47.1. The molecule has 205 valence electrons. The molecular formula is C41H28BN2. The third-order valence-corrected chi connectivity index (χ3v) is 10.2. The Morgan fingerprint density at radius 3 is 2.16 bits per heavy atom. The fourth-order valence-electron chi connectivity index (χ4n) is 8.07. The van der Waals surface area contributed by atoms with Gasteiger partial charge in [0, 0.05) is 44.0 Å². The topological polar surface area (TPSA) is 19.0 Å². The summed E-state index contributed by atoms with van der Waals surface area (Å²) in [6.45, 7) is 4.73. The molecule has 0 unspecified atom stereocenters. The highest BCUT2D eigenvalue weighted by molar-refractivity contribution is 6.74. The van der Waals surface area contributed by atoms with Crippen molar-refractivity contribution in [1.29, 1.82) is 0 Å². The first kappa shape index (κ1) is 24.2. The van der Waals surface area contributed by atoms with Gasteiger partial charge in [-0.2, -0.15) is 0 Å². The highest BCUT2D eigenvalue weighted by Gasteiger charge is 2.41. The first-order chi connectivity index (χ1) is 21.6. The third kappa shape index (κ3) is 3.06. The highest BCUT2D eigenvalue weighted by Crippen LogP contribution is 2.53. The molecule has 0 spiro atoms. The number of fused-ring (bicyclic) bond motifs is 10. The lowest BCUT2D eigenvalue weighted by Crippen LogP contribution is -2.45. The van der Waals surface area contributed by atoms with E-state index in [0.717, 1.165) is 0 Å². The molecule has 0 saturated heterocycles. The largest absolute Gasteiger partial charge is 0.354 e. The summed E-state index contributed by atoms with van der Waals surface area (Å²) in [6.07, 6.45) is 0. The van der Waals surface area contributed by atoms with E-state index >= 15 is 0 Å². The molecule has 8 aromatic rings. The minimum Gasteiger partial charge on any atom is -0.354 e. The molecule has 0 aliphatic carbocycles. The SMILES string of the molecule is CC1(C)c2ccccc2N2c3c(cccc31)[B]c1c(-c3cccc4c3[nH]c3cc5ccccc5cc34)cc3ccccc3c12. The number of aromatic nitrogens is 1. The minimum atomic E-state index is -0.101. The van der Waals surface area contributed by atoms with E-state index in [2.05, 4.69) is 158 Å². The Hall–Kier alpha value is -5.28. The fraction of sp³-hybridized carbons (Fsp3) is 0.0732. The van der Waals surface area contributed by atoms with Crippen molar-refractivity contribution in [3.8, 4) is 11.1 Å². The molecule has 1 aromatic heterocycles. The van der Waals surface area contributed by atoms with E-state index in [9.17, 15) is 0 Å². The maximum atomic E-state index is 3.86. The van der Waals surface area contributed by atoms with Gasteiger partial charge >= 0.3 is 0 Å². The molecule has 2 aliphatic rings. The number of nitrogens with one attached hydrogen (secondary N) is 1. The number of rotatable bonds is 1. The number of H-pyrrole nitrogens is 1. The van der Waals surface area contributed by atoms with Crippen LogP contribution in [-0.2, 0) is 5.41 Å².